The van der Waals surface area contributed by atoms with Crippen molar-refractivity contribution in [2.45, 2.75) is 12.5 Å². The van der Waals surface area contributed by atoms with E-state index in [0.717, 1.165) is 5.75 Å². The van der Waals surface area contributed by atoms with Crippen LogP contribution in [-0.2, 0) is 14.3 Å². The van der Waals surface area contributed by atoms with Gasteiger partial charge in [-0.05, 0) is 18.4 Å². The molecule has 0 heterocycles. The van der Waals surface area contributed by atoms with Gasteiger partial charge in [0.2, 0.25) is 0 Å². The molecule has 5 heteroatoms. The molecule has 0 aliphatic heterocycles. The topological polar surface area (TPSA) is 61.5 Å². The second-order valence-corrected chi connectivity index (χ2v) is 3.53. The van der Waals surface area contributed by atoms with E-state index in [-0.39, 0.29) is 12.6 Å². The Kier molecular flexibility index (Phi) is 8.18. The highest BCUT2D eigenvalue weighted by Gasteiger charge is 2.13. The quantitative estimate of drug-likeness (QED) is 0.479. The molecular formula is C8H17NO3S. The van der Waals surface area contributed by atoms with E-state index >= 15 is 0 Å². The standard InChI is InChI=1S/C8H17NO3S/c1-11-4-5-12-8(10)7(9)3-6-13-2/h7H,3-6,9H2,1-2H3/t7-/m0/s1. The van der Waals surface area contributed by atoms with Crippen molar-refractivity contribution in [2.75, 3.05) is 32.3 Å². The highest BCUT2D eigenvalue weighted by Crippen LogP contribution is 1.99. The zero-order chi connectivity index (χ0) is 10.1. The summed E-state index contributed by atoms with van der Waals surface area (Å²) in [5.74, 6) is 0.534. The lowest BCUT2D eigenvalue weighted by molar-refractivity contribution is -0.146. The lowest BCUT2D eigenvalue weighted by Crippen LogP contribution is -2.33. The van der Waals surface area contributed by atoms with E-state index < -0.39 is 6.04 Å². The van der Waals surface area contributed by atoms with Crippen LogP contribution in [0.3, 0.4) is 0 Å². The van der Waals surface area contributed by atoms with Crippen molar-refractivity contribution in [3.05, 3.63) is 0 Å². The SMILES string of the molecule is COCCOC(=O)[C@@H](N)CCSC. The van der Waals surface area contributed by atoms with Gasteiger partial charge in [-0.3, -0.25) is 4.79 Å². The maximum Gasteiger partial charge on any atom is 0.323 e. The van der Waals surface area contributed by atoms with Crippen LogP contribution in [0.1, 0.15) is 6.42 Å². The number of nitrogens with two attached hydrogens (primary N) is 1. The molecular weight excluding hydrogens is 190 g/mol. The number of thioether (sulfide) groups is 1. The third kappa shape index (κ3) is 6.86. The van der Waals surface area contributed by atoms with Gasteiger partial charge in [-0.2, -0.15) is 11.8 Å². The molecule has 0 aromatic heterocycles. The molecule has 0 aromatic carbocycles. The molecule has 0 radical (unpaired) electrons. The molecule has 0 saturated carbocycles. The van der Waals surface area contributed by atoms with Crippen LogP contribution in [0.2, 0.25) is 0 Å². The summed E-state index contributed by atoms with van der Waals surface area (Å²) in [6, 6.07) is -0.496. The maximum atomic E-state index is 11.1. The van der Waals surface area contributed by atoms with Gasteiger partial charge in [0.15, 0.2) is 0 Å². The van der Waals surface area contributed by atoms with Gasteiger partial charge in [-0.15, -0.1) is 0 Å². The zero-order valence-electron chi connectivity index (χ0n) is 8.12. The molecule has 0 spiro atoms. The number of ether oxygens (including phenoxy) is 2. The van der Waals surface area contributed by atoms with Crippen LogP contribution in [-0.4, -0.2) is 44.3 Å². The average Bonchev–Trinajstić information content (AvgIpc) is 2.14. The average molecular weight is 207 g/mol. The van der Waals surface area contributed by atoms with Crippen molar-refractivity contribution >= 4 is 17.7 Å². The molecule has 0 rings (SSSR count). The van der Waals surface area contributed by atoms with E-state index in [1.54, 1.807) is 18.9 Å². The van der Waals surface area contributed by atoms with Crippen LogP contribution < -0.4 is 5.73 Å². The third-order valence-corrected chi connectivity index (χ3v) is 2.11. The van der Waals surface area contributed by atoms with Gasteiger partial charge in [-0.25, -0.2) is 0 Å². The molecule has 0 bridgehead atoms. The minimum absolute atomic E-state index is 0.280. The first-order valence-corrected chi connectivity index (χ1v) is 5.51. The highest BCUT2D eigenvalue weighted by molar-refractivity contribution is 7.98. The highest BCUT2D eigenvalue weighted by atomic mass is 32.2. The molecule has 0 fully saturated rings. The van der Waals surface area contributed by atoms with Crippen LogP contribution in [0.15, 0.2) is 0 Å². The fourth-order valence-corrected chi connectivity index (χ4v) is 1.18. The van der Waals surface area contributed by atoms with Crippen molar-refractivity contribution < 1.29 is 14.3 Å². The predicted molar refractivity (Wildman–Crippen MR) is 53.8 cm³/mol. The Bertz CT molecular complexity index is 143. The molecule has 78 valence electrons. The maximum absolute atomic E-state index is 11.1. The summed E-state index contributed by atoms with van der Waals surface area (Å²) in [6.07, 6.45) is 2.63. The van der Waals surface area contributed by atoms with Crippen molar-refractivity contribution in [1.82, 2.24) is 0 Å². The minimum atomic E-state index is -0.496. The van der Waals surface area contributed by atoms with Crippen LogP contribution in [0, 0.1) is 0 Å². The molecule has 0 saturated heterocycles. The smallest absolute Gasteiger partial charge is 0.323 e. The number of hydrogen-bond donors (Lipinski definition) is 1. The van der Waals surface area contributed by atoms with E-state index in [9.17, 15) is 4.79 Å². The molecule has 4 nitrogen and oxygen atoms in total. The third-order valence-electron chi connectivity index (χ3n) is 1.47. The summed E-state index contributed by atoms with van der Waals surface area (Å²) in [5, 5.41) is 0. The molecule has 0 aliphatic rings. The number of esters is 1. The monoisotopic (exact) mass is 207 g/mol. The Morgan fingerprint density at radius 1 is 1.54 bits per heavy atom. The Morgan fingerprint density at radius 2 is 2.23 bits per heavy atom. The summed E-state index contributed by atoms with van der Waals surface area (Å²) >= 11 is 1.66. The molecule has 2 N–H and O–H groups in total. The van der Waals surface area contributed by atoms with Gasteiger partial charge in [0.05, 0.1) is 6.61 Å². The first-order chi connectivity index (χ1) is 6.22. The van der Waals surface area contributed by atoms with Crippen molar-refractivity contribution in [2.24, 2.45) is 5.73 Å². The first kappa shape index (κ1) is 12.7. The molecule has 1 atom stereocenters. The van der Waals surface area contributed by atoms with Gasteiger partial charge >= 0.3 is 5.97 Å². The first-order valence-electron chi connectivity index (χ1n) is 4.12. The largest absolute Gasteiger partial charge is 0.462 e. The van der Waals surface area contributed by atoms with E-state index in [0.29, 0.717) is 13.0 Å². The van der Waals surface area contributed by atoms with Crippen molar-refractivity contribution in [1.29, 1.82) is 0 Å². The van der Waals surface area contributed by atoms with Gasteiger partial charge in [-0.1, -0.05) is 0 Å². The van der Waals surface area contributed by atoms with Crippen molar-refractivity contribution in [3.8, 4) is 0 Å². The number of carbonyl (C=O) groups is 1. The second kappa shape index (κ2) is 8.34. The summed E-state index contributed by atoms with van der Waals surface area (Å²) in [5.41, 5.74) is 5.56. The number of methoxy groups -OCH3 is 1. The summed E-state index contributed by atoms with van der Waals surface area (Å²) in [6.45, 7) is 0.698. The van der Waals surface area contributed by atoms with Gasteiger partial charge in [0, 0.05) is 7.11 Å². The fraction of sp³-hybridized carbons (Fsp3) is 0.875. The molecule has 0 aromatic rings. The number of rotatable bonds is 7. The normalized spacial score (nSPS) is 12.5. The Balaban J connectivity index is 3.45. The molecule has 0 unspecified atom stereocenters. The van der Waals surface area contributed by atoms with E-state index in [2.05, 4.69) is 0 Å². The Hall–Kier alpha value is -0.260. The lowest BCUT2D eigenvalue weighted by atomic mass is 10.2. The second-order valence-electron chi connectivity index (χ2n) is 2.55. The summed E-state index contributed by atoms with van der Waals surface area (Å²) < 4.78 is 9.57. The Morgan fingerprint density at radius 3 is 2.77 bits per heavy atom. The zero-order valence-corrected chi connectivity index (χ0v) is 8.93. The molecule has 0 amide bonds. The Labute approximate surface area is 83.1 Å². The van der Waals surface area contributed by atoms with Gasteiger partial charge in [0.25, 0.3) is 0 Å². The van der Waals surface area contributed by atoms with Crippen LogP contribution in [0.4, 0.5) is 0 Å². The van der Waals surface area contributed by atoms with Crippen LogP contribution >= 0.6 is 11.8 Å². The van der Waals surface area contributed by atoms with Gasteiger partial charge < -0.3 is 15.2 Å². The van der Waals surface area contributed by atoms with Gasteiger partial charge in [0.1, 0.15) is 12.6 Å². The molecule has 0 aliphatic carbocycles. The molecule has 13 heavy (non-hydrogen) atoms. The van der Waals surface area contributed by atoms with Crippen LogP contribution in [0.5, 0.6) is 0 Å². The van der Waals surface area contributed by atoms with Crippen LogP contribution in [0.25, 0.3) is 0 Å². The summed E-state index contributed by atoms with van der Waals surface area (Å²) in [4.78, 5) is 11.1. The number of hydrogen-bond acceptors (Lipinski definition) is 5. The van der Waals surface area contributed by atoms with E-state index in [1.165, 1.54) is 0 Å². The van der Waals surface area contributed by atoms with E-state index in [1.807, 2.05) is 6.26 Å². The van der Waals surface area contributed by atoms with E-state index in [4.69, 9.17) is 15.2 Å². The summed E-state index contributed by atoms with van der Waals surface area (Å²) in [7, 11) is 1.56. The predicted octanol–water partition coefficient (Wildman–Crippen LogP) is 0.256. The number of carbonyl (C=O) groups excluding carboxylic acids is 1. The van der Waals surface area contributed by atoms with Crippen molar-refractivity contribution in [3.63, 3.8) is 0 Å². The lowest BCUT2D eigenvalue weighted by Gasteiger charge is -2.09. The minimum Gasteiger partial charge on any atom is -0.462 e. The fourth-order valence-electron chi connectivity index (χ4n) is 0.695.